The van der Waals surface area contributed by atoms with Crippen LogP contribution >= 0.6 is 11.6 Å². The average molecular weight is 263 g/mol. The lowest BCUT2D eigenvalue weighted by molar-refractivity contribution is 0.0527. The van der Waals surface area contributed by atoms with Crippen molar-refractivity contribution < 1.29 is 24.8 Å². The second kappa shape index (κ2) is 6.66. The van der Waals surface area contributed by atoms with Crippen molar-refractivity contribution in [1.82, 2.24) is 0 Å². The van der Waals surface area contributed by atoms with E-state index in [0.717, 1.165) is 0 Å². The SMILES string of the molecule is COc1cc(CO)cc(Cl)c1OCC(O)CO. The lowest BCUT2D eigenvalue weighted by Gasteiger charge is -2.15. The van der Waals surface area contributed by atoms with E-state index in [1.54, 1.807) is 12.1 Å². The van der Waals surface area contributed by atoms with Gasteiger partial charge >= 0.3 is 0 Å². The van der Waals surface area contributed by atoms with Crippen molar-refractivity contribution in [3.8, 4) is 11.5 Å². The first kappa shape index (κ1) is 14.1. The summed E-state index contributed by atoms with van der Waals surface area (Å²) in [6, 6.07) is 3.14. The van der Waals surface area contributed by atoms with Crippen molar-refractivity contribution in [2.75, 3.05) is 20.3 Å². The van der Waals surface area contributed by atoms with E-state index in [9.17, 15) is 5.11 Å². The van der Waals surface area contributed by atoms with Gasteiger partial charge in [0.15, 0.2) is 11.5 Å². The van der Waals surface area contributed by atoms with Crippen LogP contribution in [0.5, 0.6) is 11.5 Å². The fourth-order valence-corrected chi connectivity index (χ4v) is 1.52. The van der Waals surface area contributed by atoms with E-state index >= 15 is 0 Å². The highest BCUT2D eigenvalue weighted by Crippen LogP contribution is 2.36. The maximum absolute atomic E-state index is 9.18. The van der Waals surface area contributed by atoms with Gasteiger partial charge in [0.05, 0.1) is 25.3 Å². The summed E-state index contributed by atoms with van der Waals surface area (Å²) in [5.74, 6) is 0.644. The fourth-order valence-electron chi connectivity index (χ4n) is 1.24. The maximum Gasteiger partial charge on any atom is 0.179 e. The number of benzene rings is 1. The minimum Gasteiger partial charge on any atom is -0.493 e. The smallest absolute Gasteiger partial charge is 0.179 e. The summed E-state index contributed by atoms with van der Waals surface area (Å²) in [6.07, 6.45) is -0.978. The van der Waals surface area contributed by atoms with Crippen LogP contribution in [0.2, 0.25) is 5.02 Å². The first-order chi connectivity index (χ1) is 8.12. The molecule has 1 aromatic carbocycles. The highest BCUT2D eigenvalue weighted by molar-refractivity contribution is 6.32. The summed E-state index contributed by atoms with van der Waals surface area (Å²) in [5, 5.41) is 27.1. The summed E-state index contributed by atoms with van der Waals surface area (Å²) in [7, 11) is 1.45. The number of aliphatic hydroxyl groups excluding tert-OH is 3. The normalized spacial score (nSPS) is 12.3. The van der Waals surface area contributed by atoms with E-state index in [1.165, 1.54) is 7.11 Å². The van der Waals surface area contributed by atoms with Crippen LogP contribution in [0.3, 0.4) is 0 Å². The number of ether oxygens (including phenoxy) is 2. The summed E-state index contributed by atoms with van der Waals surface area (Å²) in [5.41, 5.74) is 0.599. The molecule has 1 atom stereocenters. The third-order valence-electron chi connectivity index (χ3n) is 2.10. The maximum atomic E-state index is 9.18. The molecular weight excluding hydrogens is 248 g/mol. The van der Waals surface area contributed by atoms with Crippen molar-refractivity contribution in [2.45, 2.75) is 12.7 Å². The molecule has 96 valence electrons. The topological polar surface area (TPSA) is 79.2 Å². The Bertz CT molecular complexity index is 369. The Balaban J connectivity index is 2.89. The molecule has 0 heterocycles. The molecule has 17 heavy (non-hydrogen) atoms. The van der Waals surface area contributed by atoms with Crippen LogP contribution in [0.15, 0.2) is 12.1 Å². The average Bonchev–Trinajstić information content (AvgIpc) is 2.35. The molecule has 1 aromatic rings. The van der Waals surface area contributed by atoms with Crippen molar-refractivity contribution in [3.05, 3.63) is 22.7 Å². The van der Waals surface area contributed by atoms with Crippen molar-refractivity contribution in [1.29, 1.82) is 0 Å². The van der Waals surface area contributed by atoms with Gasteiger partial charge in [-0.2, -0.15) is 0 Å². The third kappa shape index (κ3) is 3.74. The van der Waals surface area contributed by atoms with Gasteiger partial charge in [-0.1, -0.05) is 11.6 Å². The van der Waals surface area contributed by atoms with Gasteiger partial charge in [-0.15, -0.1) is 0 Å². The Kier molecular flexibility index (Phi) is 5.50. The summed E-state index contributed by atoms with van der Waals surface area (Å²) in [4.78, 5) is 0. The molecule has 0 aliphatic heterocycles. The predicted molar refractivity (Wildman–Crippen MR) is 62.5 cm³/mol. The van der Waals surface area contributed by atoms with E-state index in [4.69, 9.17) is 31.3 Å². The third-order valence-corrected chi connectivity index (χ3v) is 2.38. The minimum atomic E-state index is -0.978. The number of hydrogen-bond donors (Lipinski definition) is 3. The standard InChI is InChI=1S/C11H15ClO5/c1-16-10-3-7(4-13)2-9(12)11(10)17-6-8(15)5-14/h2-3,8,13-15H,4-6H2,1H3. The van der Waals surface area contributed by atoms with Crippen LogP contribution in [0, 0.1) is 0 Å². The van der Waals surface area contributed by atoms with Crippen LogP contribution in [-0.4, -0.2) is 41.7 Å². The van der Waals surface area contributed by atoms with Gasteiger partial charge in [0.1, 0.15) is 12.7 Å². The Morgan fingerprint density at radius 3 is 2.59 bits per heavy atom. The monoisotopic (exact) mass is 262 g/mol. The molecule has 0 saturated carbocycles. The lowest BCUT2D eigenvalue weighted by Crippen LogP contribution is -2.21. The molecule has 0 aliphatic carbocycles. The second-order valence-corrected chi connectivity index (χ2v) is 3.82. The van der Waals surface area contributed by atoms with E-state index in [2.05, 4.69) is 0 Å². The first-order valence-corrected chi connectivity index (χ1v) is 5.39. The molecule has 0 saturated heterocycles. The summed E-state index contributed by atoms with van der Waals surface area (Å²) >= 11 is 5.96. The number of halogens is 1. The number of rotatable bonds is 6. The zero-order chi connectivity index (χ0) is 12.8. The molecule has 0 amide bonds. The molecule has 0 spiro atoms. The van der Waals surface area contributed by atoms with E-state index in [-0.39, 0.29) is 24.0 Å². The van der Waals surface area contributed by atoms with E-state index < -0.39 is 12.7 Å². The molecule has 1 rings (SSSR count). The highest BCUT2D eigenvalue weighted by atomic mass is 35.5. The molecule has 3 N–H and O–H groups in total. The van der Waals surface area contributed by atoms with Gasteiger partial charge in [0.25, 0.3) is 0 Å². The van der Waals surface area contributed by atoms with Gasteiger partial charge in [-0.25, -0.2) is 0 Å². The largest absolute Gasteiger partial charge is 0.493 e. The molecule has 0 bridgehead atoms. The van der Waals surface area contributed by atoms with Gasteiger partial charge < -0.3 is 24.8 Å². The van der Waals surface area contributed by atoms with Gasteiger partial charge in [0.2, 0.25) is 0 Å². The predicted octanol–water partition coefficient (Wildman–Crippen LogP) is 0.573. The van der Waals surface area contributed by atoms with Crippen LogP contribution < -0.4 is 9.47 Å². The van der Waals surface area contributed by atoms with Gasteiger partial charge in [-0.05, 0) is 17.7 Å². The summed E-state index contributed by atoms with van der Waals surface area (Å²) in [6.45, 7) is -0.644. The number of methoxy groups -OCH3 is 1. The Morgan fingerprint density at radius 2 is 2.06 bits per heavy atom. The zero-order valence-electron chi connectivity index (χ0n) is 9.39. The number of hydrogen-bond acceptors (Lipinski definition) is 5. The Morgan fingerprint density at radius 1 is 1.35 bits per heavy atom. The molecule has 6 heteroatoms. The highest BCUT2D eigenvalue weighted by Gasteiger charge is 2.13. The Labute approximate surface area is 104 Å². The second-order valence-electron chi connectivity index (χ2n) is 3.41. The lowest BCUT2D eigenvalue weighted by atomic mass is 10.2. The van der Waals surface area contributed by atoms with Crippen LogP contribution in [-0.2, 0) is 6.61 Å². The quantitative estimate of drug-likeness (QED) is 0.699. The van der Waals surface area contributed by atoms with Crippen LogP contribution in [0.25, 0.3) is 0 Å². The summed E-state index contributed by atoms with van der Waals surface area (Å²) < 4.78 is 10.3. The van der Waals surface area contributed by atoms with Crippen molar-refractivity contribution in [2.24, 2.45) is 0 Å². The molecular formula is C11H15ClO5. The molecule has 0 fully saturated rings. The fraction of sp³-hybridized carbons (Fsp3) is 0.455. The molecule has 0 aromatic heterocycles. The van der Waals surface area contributed by atoms with Gasteiger partial charge in [-0.3, -0.25) is 0 Å². The van der Waals surface area contributed by atoms with E-state index in [0.29, 0.717) is 11.3 Å². The van der Waals surface area contributed by atoms with E-state index in [1.807, 2.05) is 0 Å². The molecule has 1 unspecified atom stereocenters. The molecule has 0 aliphatic rings. The first-order valence-electron chi connectivity index (χ1n) is 5.01. The zero-order valence-corrected chi connectivity index (χ0v) is 10.1. The minimum absolute atomic E-state index is 0.0922. The van der Waals surface area contributed by atoms with Crippen LogP contribution in [0.4, 0.5) is 0 Å². The molecule has 5 nitrogen and oxygen atoms in total. The van der Waals surface area contributed by atoms with Crippen LogP contribution in [0.1, 0.15) is 5.56 Å². The number of aliphatic hydroxyl groups is 3. The van der Waals surface area contributed by atoms with Crippen molar-refractivity contribution in [3.63, 3.8) is 0 Å². The Hall–Kier alpha value is -1.01. The molecule has 0 radical (unpaired) electrons. The van der Waals surface area contributed by atoms with Crippen molar-refractivity contribution >= 4 is 11.6 Å². The van der Waals surface area contributed by atoms with Gasteiger partial charge in [0, 0.05) is 0 Å².